The van der Waals surface area contributed by atoms with Crippen molar-refractivity contribution >= 4 is 26.1 Å². The van der Waals surface area contributed by atoms with Gasteiger partial charge in [-0.3, -0.25) is 4.99 Å². The van der Waals surface area contributed by atoms with Crippen molar-refractivity contribution < 1.29 is 19.1 Å². The zero-order chi connectivity index (χ0) is 16.0. The summed E-state index contributed by atoms with van der Waals surface area (Å²) in [6.45, 7) is 5.29. The van der Waals surface area contributed by atoms with Gasteiger partial charge >= 0.3 is 12.1 Å². The fraction of sp³-hybridized carbons (Fsp3) is 0.643. The predicted molar refractivity (Wildman–Crippen MR) is 83.3 cm³/mol. The summed E-state index contributed by atoms with van der Waals surface area (Å²) in [6.07, 6.45) is 4.32. The molecule has 116 valence electrons. The molecule has 1 aliphatic rings. The summed E-state index contributed by atoms with van der Waals surface area (Å²) in [4.78, 5) is 27.9. The average Bonchev–Trinajstić information content (AvgIpc) is 2.37. The van der Waals surface area contributed by atoms with E-state index in [0.29, 0.717) is 6.42 Å². The largest absolute Gasteiger partial charge is 0.467 e. The predicted octanol–water partition coefficient (Wildman–Crippen LogP) is 0.803. The fourth-order valence-electron chi connectivity index (χ4n) is 1.89. The van der Waals surface area contributed by atoms with Crippen LogP contribution in [-0.4, -0.2) is 50.9 Å². The third-order valence-electron chi connectivity index (χ3n) is 2.89. The van der Waals surface area contributed by atoms with E-state index >= 15 is 0 Å². The fourth-order valence-corrected chi connectivity index (χ4v) is 1.89. The molecule has 6 nitrogen and oxygen atoms in total. The highest BCUT2D eigenvalue weighted by Gasteiger charge is 2.27. The van der Waals surface area contributed by atoms with E-state index in [1.807, 2.05) is 7.85 Å². The number of hydrogen-bond donors (Lipinski definition) is 1. The number of rotatable bonds is 4. The number of alkyl carbamates (subject to hydrolysis) is 1. The second-order valence-electron chi connectivity index (χ2n) is 6.07. The molecule has 0 aromatic heterocycles. The molecule has 0 spiro atoms. The quantitative estimate of drug-likeness (QED) is 0.614. The molecule has 0 aliphatic carbocycles. The van der Waals surface area contributed by atoms with Crippen LogP contribution < -0.4 is 5.32 Å². The van der Waals surface area contributed by atoms with E-state index in [1.54, 1.807) is 27.0 Å². The van der Waals surface area contributed by atoms with Crippen molar-refractivity contribution in [3.8, 4) is 0 Å². The molecule has 0 fully saturated rings. The number of ether oxygens (including phenoxy) is 2. The molecule has 0 radical (unpaired) electrons. The Morgan fingerprint density at radius 1 is 1.52 bits per heavy atom. The van der Waals surface area contributed by atoms with Gasteiger partial charge in [0, 0.05) is 12.6 Å². The number of aliphatic imine (C=N–C) groups is 1. The smallest absolute Gasteiger partial charge is 0.408 e. The van der Waals surface area contributed by atoms with Crippen LogP contribution in [0.3, 0.4) is 0 Å². The molecule has 21 heavy (non-hydrogen) atoms. The van der Waals surface area contributed by atoms with Crippen LogP contribution >= 0.6 is 0 Å². The minimum absolute atomic E-state index is 0.0484. The van der Waals surface area contributed by atoms with Gasteiger partial charge in [0.2, 0.25) is 0 Å². The van der Waals surface area contributed by atoms with Crippen LogP contribution in [0.1, 0.15) is 33.6 Å². The van der Waals surface area contributed by atoms with E-state index in [1.165, 1.54) is 7.11 Å². The molecule has 7 heteroatoms. The molecule has 0 bridgehead atoms. The maximum absolute atomic E-state index is 11.8. The van der Waals surface area contributed by atoms with Crippen LogP contribution in [0.5, 0.6) is 0 Å². The van der Waals surface area contributed by atoms with E-state index in [-0.39, 0.29) is 6.04 Å². The van der Waals surface area contributed by atoms with E-state index in [0.717, 1.165) is 11.9 Å². The summed E-state index contributed by atoms with van der Waals surface area (Å²) >= 11 is 0. The number of methoxy groups -OCH3 is 1. The van der Waals surface area contributed by atoms with E-state index < -0.39 is 23.7 Å². The summed E-state index contributed by atoms with van der Waals surface area (Å²) < 4.78 is 9.89. The molecule has 1 unspecified atom stereocenters. The number of esters is 1. The van der Waals surface area contributed by atoms with E-state index in [4.69, 9.17) is 9.47 Å². The van der Waals surface area contributed by atoms with Crippen molar-refractivity contribution in [1.29, 1.82) is 0 Å². The molecule has 0 saturated carbocycles. The van der Waals surface area contributed by atoms with Crippen molar-refractivity contribution in [2.75, 3.05) is 7.11 Å². The van der Waals surface area contributed by atoms with Crippen LogP contribution in [0.2, 0.25) is 0 Å². The van der Waals surface area contributed by atoms with Crippen molar-refractivity contribution in [2.24, 2.45) is 4.99 Å². The highest BCUT2D eigenvalue weighted by Crippen LogP contribution is 2.14. The molecule has 0 saturated heterocycles. The van der Waals surface area contributed by atoms with Gasteiger partial charge in [-0.2, -0.15) is 0 Å². The SMILES string of the molecule is BC1=CCC(C[C@H](NC(=O)OC(C)(C)C)C(=O)OC)N=C1. The first-order valence-electron chi connectivity index (χ1n) is 6.98. The lowest BCUT2D eigenvalue weighted by Gasteiger charge is -2.24. The lowest BCUT2D eigenvalue weighted by atomic mass is 9.91. The zero-order valence-electron chi connectivity index (χ0n) is 13.3. The monoisotopic (exact) mass is 294 g/mol. The highest BCUT2D eigenvalue weighted by molar-refractivity contribution is 6.33. The molecule has 1 rings (SSSR count). The Morgan fingerprint density at radius 2 is 2.19 bits per heavy atom. The number of carbonyl (C=O) groups is 2. The highest BCUT2D eigenvalue weighted by atomic mass is 16.6. The number of nitrogens with zero attached hydrogens (tertiary/aromatic N) is 1. The van der Waals surface area contributed by atoms with Gasteiger partial charge in [-0.25, -0.2) is 9.59 Å². The number of hydrogen-bond acceptors (Lipinski definition) is 5. The summed E-state index contributed by atoms with van der Waals surface area (Å²) in [5.41, 5.74) is 0.481. The van der Waals surface area contributed by atoms with Gasteiger partial charge in [-0.15, -0.1) is 0 Å². The zero-order valence-corrected chi connectivity index (χ0v) is 13.3. The Balaban J connectivity index is 2.63. The Bertz CT molecular complexity index is 454. The van der Waals surface area contributed by atoms with Crippen molar-refractivity contribution in [1.82, 2.24) is 5.32 Å². The molecular formula is C14H23BN2O4. The second-order valence-corrected chi connectivity index (χ2v) is 6.07. The Kier molecular flexibility index (Phi) is 5.99. The van der Waals surface area contributed by atoms with Gasteiger partial charge in [0.15, 0.2) is 0 Å². The first-order chi connectivity index (χ1) is 9.71. The van der Waals surface area contributed by atoms with Crippen molar-refractivity contribution in [3.05, 3.63) is 11.5 Å². The molecule has 2 atom stereocenters. The van der Waals surface area contributed by atoms with E-state index in [2.05, 4.69) is 16.4 Å². The lowest BCUT2D eigenvalue weighted by Crippen LogP contribution is -2.45. The van der Waals surface area contributed by atoms with Crippen LogP contribution in [0.4, 0.5) is 4.79 Å². The summed E-state index contributed by atoms with van der Waals surface area (Å²) in [5, 5.41) is 2.55. The van der Waals surface area contributed by atoms with Crippen LogP contribution in [-0.2, 0) is 14.3 Å². The third-order valence-corrected chi connectivity index (χ3v) is 2.89. The molecule has 0 aromatic carbocycles. The maximum Gasteiger partial charge on any atom is 0.408 e. The van der Waals surface area contributed by atoms with Gasteiger partial charge < -0.3 is 14.8 Å². The van der Waals surface area contributed by atoms with Gasteiger partial charge in [-0.1, -0.05) is 11.5 Å². The summed E-state index contributed by atoms with van der Waals surface area (Å²) in [7, 11) is 3.26. The second kappa shape index (κ2) is 7.29. The molecule has 1 N–H and O–H groups in total. The number of amides is 1. The number of allylic oxidation sites excluding steroid dienone is 1. The minimum atomic E-state index is -0.765. The maximum atomic E-state index is 11.8. The van der Waals surface area contributed by atoms with Gasteiger partial charge in [0.05, 0.1) is 13.2 Å². The van der Waals surface area contributed by atoms with Gasteiger partial charge in [0.1, 0.15) is 19.5 Å². The molecule has 1 heterocycles. The minimum Gasteiger partial charge on any atom is -0.467 e. The van der Waals surface area contributed by atoms with E-state index in [9.17, 15) is 9.59 Å². The standard InChI is InChI=1S/C14H23BN2O4/c1-14(2,3)21-13(19)17-11(12(18)20-4)7-10-6-5-9(15)8-16-10/h5,8,10-11H,6-7,15H2,1-4H3,(H,17,19)/t10?,11-/m0/s1. The first kappa shape index (κ1) is 17.3. The first-order valence-corrected chi connectivity index (χ1v) is 6.98. The normalized spacial score (nSPS) is 19.4. The Morgan fingerprint density at radius 3 is 2.67 bits per heavy atom. The average molecular weight is 294 g/mol. The number of dihydropyridines is 1. The Labute approximate surface area is 126 Å². The van der Waals surface area contributed by atoms with Crippen LogP contribution in [0, 0.1) is 0 Å². The van der Waals surface area contributed by atoms with Gasteiger partial charge in [0.25, 0.3) is 0 Å². The Hall–Kier alpha value is -1.79. The topological polar surface area (TPSA) is 77.0 Å². The molecule has 0 aromatic rings. The summed E-state index contributed by atoms with van der Waals surface area (Å²) in [6, 6.07) is -0.813. The van der Waals surface area contributed by atoms with Crippen molar-refractivity contribution in [3.63, 3.8) is 0 Å². The third kappa shape index (κ3) is 6.47. The van der Waals surface area contributed by atoms with Crippen molar-refractivity contribution in [2.45, 2.75) is 51.3 Å². The number of carbonyl (C=O) groups excluding carboxylic acids is 2. The van der Waals surface area contributed by atoms with Crippen LogP contribution in [0.15, 0.2) is 16.5 Å². The lowest BCUT2D eigenvalue weighted by molar-refractivity contribution is -0.143. The number of nitrogens with one attached hydrogen (secondary N) is 1. The summed E-state index contributed by atoms with van der Waals surface area (Å²) in [5.74, 6) is -0.498. The molecule has 1 aliphatic heterocycles. The molecular weight excluding hydrogens is 271 g/mol. The van der Waals surface area contributed by atoms with Gasteiger partial charge in [-0.05, 0) is 27.2 Å². The molecule has 1 amide bonds. The van der Waals surface area contributed by atoms with Crippen LogP contribution in [0.25, 0.3) is 0 Å².